The zero-order chi connectivity index (χ0) is 15.4. The predicted molar refractivity (Wildman–Crippen MR) is 82.1 cm³/mol. The van der Waals surface area contributed by atoms with Crippen molar-refractivity contribution in [1.82, 2.24) is 0 Å². The molecular weight excluding hydrogens is 312 g/mol. The summed E-state index contributed by atoms with van der Waals surface area (Å²) in [5.41, 5.74) is 0.217. The molecule has 0 atom stereocenters. The number of hydrogen-bond acceptors (Lipinski definition) is 4. The molecule has 0 bridgehead atoms. The molecule has 0 aromatic heterocycles. The fourth-order valence-corrected chi connectivity index (χ4v) is 2.91. The first-order valence-electron chi connectivity index (χ1n) is 5.98. The maximum absolute atomic E-state index is 11.3. The molecule has 0 heterocycles. The number of hydrogen-bond donors (Lipinski definition) is 1. The van der Waals surface area contributed by atoms with Crippen LogP contribution in [0, 0.1) is 0 Å². The molecule has 0 unspecified atom stereocenters. The second kappa shape index (κ2) is 6.74. The van der Waals surface area contributed by atoms with Crippen molar-refractivity contribution >= 4 is 29.3 Å². The van der Waals surface area contributed by atoms with E-state index in [1.165, 1.54) is 32.0 Å². The van der Waals surface area contributed by atoms with Crippen LogP contribution in [-0.2, 0) is 0 Å². The molecule has 6 heteroatoms. The van der Waals surface area contributed by atoms with Crippen molar-refractivity contribution in [2.24, 2.45) is 0 Å². The fraction of sp³-hybridized carbons (Fsp3) is 0.133. The van der Waals surface area contributed by atoms with Crippen LogP contribution in [0.15, 0.2) is 46.2 Å². The Morgan fingerprint density at radius 3 is 2.52 bits per heavy atom. The van der Waals surface area contributed by atoms with Crippen LogP contribution < -0.4 is 9.47 Å². The molecule has 0 spiro atoms. The Kier molecular flexibility index (Phi) is 4.98. The van der Waals surface area contributed by atoms with Crippen LogP contribution in [0.2, 0.25) is 5.02 Å². The summed E-state index contributed by atoms with van der Waals surface area (Å²) in [7, 11) is 3.07. The second-order valence-electron chi connectivity index (χ2n) is 4.07. The van der Waals surface area contributed by atoms with Crippen molar-refractivity contribution in [2.75, 3.05) is 14.2 Å². The Morgan fingerprint density at radius 1 is 1.14 bits per heavy atom. The first-order valence-corrected chi connectivity index (χ1v) is 7.17. The molecule has 0 amide bonds. The number of rotatable bonds is 5. The lowest BCUT2D eigenvalue weighted by molar-refractivity contribution is 0.0693. The maximum Gasteiger partial charge on any atom is 0.336 e. The van der Waals surface area contributed by atoms with Gasteiger partial charge in [0, 0.05) is 9.79 Å². The third-order valence-electron chi connectivity index (χ3n) is 2.77. The molecule has 2 aromatic rings. The number of halogens is 1. The van der Waals surface area contributed by atoms with Gasteiger partial charge in [-0.25, -0.2) is 4.79 Å². The average molecular weight is 325 g/mol. The smallest absolute Gasteiger partial charge is 0.336 e. The lowest BCUT2D eigenvalue weighted by atomic mass is 10.2. The van der Waals surface area contributed by atoms with E-state index >= 15 is 0 Å². The molecule has 0 radical (unpaired) electrons. The largest absolute Gasteiger partial charge is 0.497 e. The third-order valence-corrected chi connectivity index (χ3v) is 4.13. The summed E-state index contributed by atoms with van der Waals surface area (Å²) in [4.78, 5) is 12.7. The molecule has 0 saturated carbocycles. The minimum absolute atomic E-state index is 0.217. The van der Waals surface area contributed by atoms with E-state index in [0.717, 1.165) is 4.90 Å². The van der Waals surface area contributed by atoms with Crippen molar-refractivity contribution in [2.45, 2.75) is 9.79 Å². The molecule has 1 N–H and O–H groups in total. The summed E-state index contributed by atoms with van der Waals surface area (Å²) >= 11 is 7.29. The highest BCUT2D eigenvalue weighted by Gasteiger charge is 2.13. The highest BCUT2D eigenvalue weighted by Crippen LogP contribution is 2.36. The van der Waals surface area contributed by atoms with Gasteiger partial charge in [-0.2, -0.15) is 0 Å². The van der Waals surface area contributed by atoms with Crippen LogP contribution in [0.3, 0.4) is 0 Å². The SMILES string of the molecule is COc1ccc(C(=O)O)c(Sc2ccc(Cl)c(OC)c2)c1. The average Bonchev–Trinajstić information content (AvgIpc) is 2.48. The van der Waals surface area contributed by atoms with Crippen LogP contribution in [0.4, 0.5) is 0 Å². The van der Waals surface area contributed by atoms with Gasteiger partial charge in [0.15, 0.2) is 0 Å². The van der Waals surface area contributed by atoms with Gasteiger partial charge in [-0.1, -0.05) is 23.4 Å². The van der Waals surface area contributed by atoms with Gasteiger partial charge in [0.25, 0.3) is 0 Å². The number of carbonyl (C=O) groups is 1. The molecule has 2 rings (SSSR count). The highest BCUT2D eigenvalue weighted by molar-refractivity contribution is 7.99. The van der Waals surface area contributed by atoms with E-state index in [4.69, 9.17) is 21.1 Å². The van der Waals surface area contributed by atoms with E-state index in [-0.39, 0.29) is 5.56 Å². The van der Waals surface area contributed by atoms with Crippen molar-refractivity contribution in [3.8, 4) is 11.5 Å². The summed E-state index contributed by atoms with van der Waals surface area (Å²) in [5, 5.41) is 9.76. The van der Waals surface area contributed by atoms with Gasteiger partial charge in [-0.15, -0.1) is 0 Å². The monoisotopic (exact) mass is 324 g/mol. The summed E-state index contributed by atoms with van der Waals surface area (Å²) in [5.74, 6) is 0.158. The zero-order valence-electron chi connectivity index (χ0n) is 11.4. The van der Waals surface area contributed by atoms with Crippen molar-refractivity contribution in [3.63, 3.8) is 0 Å². The lowest BCUT2D eigenvalue weighted by Crippen LogP contribution is -1.99. The number of ether oxygens (including phenoxy) is 2. The molecule has 0 fully saturated rings. The Bertz CT molecular complexity index is 673. The standard InChI is InChI=1S/C15H13ClO4S/c1-19-9-3-5-11(15(17)18)14(7-9)21-10-4-6-12(16)13(8-10)20-2/h3-8H,1-2H3,(H,17,18). The number of benzene rings is 2. The topological polar surface area (TPSA) is 55.8 Å². The number of carboxylic acids is 1. The van der Waals surface area contributed by atoms with Gasteiger partial charge in [-0.05, 0) is 36.4 Å². The summed E-state index contributed by atoms with van der Waals surface area (Å²) < 4.78 is 10.3. The van der Waals surface area contributed by atoms with Crippen molar-refractivity contribution < 1.29 is 19.4 Å². The van der Waals surface area contributed by atoms with Gasteiger partial charge in [0.05, 0.1) is 24.8 Å². The lowest BCUT2D eigenvalue weighted by Gasteiger charge is -2.10. The van der Waals surface area contributed by atoms with Crippen LogP contribution in [0.5, 0.6) is 11.5 Å². The number of aromatic carboxylic acids is 1. The molecule has 110 valence electrons. The van der Waals surface area contributed by atoms with Crippen molar-refractivity contribution in [3.05, 3.63) is 47.0 Å². The van der Waals surface area contributed by atoms with Crippen molar-refractivity contribution in [1.29, 1.82) is 0 Å². The first kappa shape index (κ1) is 15.5. The quantitative estimate of drug-likeness (QED) is 0.893. The van der Waals surface area contributed by atoms with E-state index in [1.807, 2.05) is 0 Å². The molecule has 0 aliphatic heterocycles. The Labute approximate surface area is 131 Å². The normalized spacial score (nSPS) is 10.2. The molecule has 2 aromatic carbocycles. The summed E-state index contributed by atoms with van der Waals surface area (Å²) in [6.45, 7) is 0. The van der Waals surface area contributed by atoms with Gasteiger partial charge in [0.1, 0.15) is 11.5 Å². The third kappa shape index (κ3) is 3.62. The number of methoxy groups -OCH3 is 2. The molecule has 0 aliphatic rings. The van der Waals surface area contributed by atoms with Gasteiger partial charge >= 0.3 is 5.97 Å². The zero-order valence-corrected chi connectivity index (χ0v) is 13.0. The van der Waals surface area contributed by atoms with Crippen LogP contribution >= 0.6 is 23.4 Å². The van der Waals surface area contributed by atoms with Crippen LogP contribution in [-0.4, -0.2) is 25.3 Å². The van der Waals surface area contributed by atoms with E-state index in [9.17, 15) is 9.90 Å². The highest BCUT2D eigenvalue weighted by atomic mass is 35.5. The van der Waals surface area contributed by atoms with Gasteiger partial charge in [-0.3, -0.25) is 0 Å². The molecule has 0 saturated heterocycles. The molecule has 0 aliphatic carbocycles. The molecular formula is C15H13ClO4S. The maximum atomic E-state index is 11.3. The van der Waals surface area contributed by atoms with E-state index < -0.39 is 5.97 Å². The first-order chi connectivity index (χ1) is 10.0. The summed E-state index contributed by atoms with van der Waals surface area (Å²) in [6.07, 6.45) is 0. The number of carboxylic acid groups (broad SMARTS) is 1. The molecule has 21 heavy (non-hydrogen) atoms. The Balaban J connectivity index is 2.40. The van der Waals surface area contributed by atoms with E-state index in [1.54, 1.807) is 30.3 Å². The van der Waals surface area contributed by atoms with Crippen LogP contribution in [0.1, 0.15) is 10.4 Å². The van der Waals surface area contributed by atoms with E-state index in [2.05, 4.69) is 0 Å². The fourth-order valence-electron chi connectivity index (χ4n) is 1.72. The molecule has 4 nitrogen and oxygen atoms in total. The van der Waals surface area contributed by atoms with Crippen LogP contribution in [0.25, 0.3) is 0 Å². The summed E-state index contributed by atoms with van der Waals surface area (Å²) in [6, 6.07) is 10.1. The predicted octanol–water partition coefficient (Wildman–Crippen LogP) is 4.21. The Morgan fingerprint density at radius 2 is 1.90 bits per heavy atom. The Hall–Kier alpha value is -1.85. The van der Waals surface area contributed by atoms with Gasteiger partial charge < -0.3 is 14.6 Å². The second-order valence-corrected chi connectivity index (χ2v) is 5.59. The minimum atomic E-state index is -0.985. The minimum Gasteiger partial charge on any atom is -0.497 e. The van der Waals surface area contributed by atoms with E-state index in [0.29, 0.717) is 21.4 Å². The van der Waals surface area contributed by atoms with Gasteiger partial charge in [0.2, 0.25) is 0 Å².